The van der Waals surface area contributed by atoms with E-state index in [0.717, 1.165) is 6.20 Å². The smallest absolute Gasteiger partial charge is 0.267 e. The zero-order chi connectivity index (χ0) is 10.0. The SMILES string of the molecule is N#Cc1c(N)ncc(C(F)F)c1N. The third kappa shape index (κ3) is 1.49. The highest BCUT2D eigenvalue weighted by Gasteiger charge is 2.16. The highest BCUT2D eigenvalue weighted by Crippen LogP contribution is 2.28. The van der Waals surface area contributed by atoms with E-state index in [2.05, 4.69) is 4.98 Å². The van der Waals surface area contributed by atoms with Gasteiger partial charge in [-0.2, -0.15) is 5.26 Å². The van der Waals surface area contributed by atoms with Crippen molar-refractivity contribution in [1.29, 1.82) is 5.26 Å². The lowest BCUT2D eigenvalue weighted by atomic mass is 10.1. The van der Waals surface area contributed by atoms with E-state index in [-0.39, 0.29) is 17.1 Å². The summed E-state index contributed by atoms with van der Waals surface area (Å²) in [6, 6.07) is 1.61. The Bertz CT molecular complexity index is 369. The van der Waals surface area contributed by atoms with Gasteiger partial charge in [-0.1, -0.05) is 0 Å². The number of nitrogen functional groups attached to an aromatic ring is 2. The quantitative estimate of drug-likeness (QED) is 0.682. The second kappa shape index (κ2) is 3.23. The van der Waals surface area contributed by atoms with Gasteiger partial charge in [0.2, 0.25) is 0 Å². The van der Waals surface area contributed by atoms with E-state index in [4.69, 9.17) is 16.7 Å². The fraction of sp³-hybridized carbons (Fsp3) is 0.143. The van der Waals surface area contributed by atoms with Crippen LogP contribution in [-0.4, -0.2) is 4.98 Å². The average molecular weight is 184 g/mol. The van der Waals surface area contributed by atoms with Crippen LogP contribution >= 0.6 is 0 Å². The molecule has 68 valence electrons. The molecule has 0 aliphatic carbocycles. The van der Waals surface area contributed by atoms with Gasteiger partial charge in [0.1, 0.15) is 17.5 Å². The van der Waals surface area contributed by atoms with Crippen LogP contribution in [0.2, 0.25) is 0 Å². The number of hydrogen-bond donors (Lipinski definition) is 2. The Morgan fingerprint density at radius 1 is 1.46 bits per heavy atom. The molecule has 0 bridgehead atoms. The summed E-state index contributed by atoms with van der Waals surface area (Å²) < 4.78 is 24.4. The normalized spacial score (nSPS) is 10.0. The molecule has 4 N–H and O–H groups in total. The number of nitrogens with two attached hydrogens (primary N) is 2. The summed E-state index contributed by atoms with van der Waals surface area (Å²) in [7, 11) is 0. The maximum Gasteiger partial charge on any atom is 0.267 e. The molecule has 0 aromatic carbocycles. The number of aromatic nitrogens is 1. The first-order chi connectivity index (χ1) is 6.07. The summed E-state index contributed by atoms with van der Waals surface area (Å²) in [6.45, 7) is 0. The summed E-state index contributed by atoms with van der Waals surface area (Å²) in [5.74, 6) is -0.135. The molecule has 13 heavy (non-hydrogen) atoms. The first kappa shape index (κ1) is 9.19. The minimum absolute atomic E-state index is 0.135. The Hall–Kier alpha value is -1.90. The van der Waals surface area contributed by atoms with Gasteiger partial charge < -0.3 is 11.5 Å². The molecule has 6 heteroatoms. The first-order valence-corrected chi connectivity index (χ1v) is 3.30. The van der Waals surface area contributed by atoms with Crippen LogP contribution in [0.25, 0.3) is 0 Å². The van der Waals surface area contributed by atoms with Gasteiger partial charge in [0.15, 0.2) is 0 Å². The average Bonchev–Trinajstić information content (AvgIpc) is 2.04. The molecule has 0 atom stereocenters. The van der Waals surface area contributed by atoms with E-state index >= 15 is 0 Å². The first-order valence-electron chi connectivity index (χ1n) is 3.30. The fourth-order valence-electron chi connectivity index (χ4n) is 0.847. The number of hydrogen-bond acceptors (Lipinski definition) is 4. The van der Waals surface area contributed by atoms with Gasteiger partial charge in [0.25, 0.3) is 6.43 Å². The van der Waals surface area contributed by atoms with Crippen LogP contribution in [0.4, 0.5) is 20.3 Å². The Labute approximate surface area is 72.8 Å². The van der Waals surface area contributed by atoms with Gasteiger partial charge in [-0.05, 0) is 0 Å². The predicted molar refractivity (Wildman–Crippen MR) is 42.7 cm³/mol. The molecule has 0 spiro atoms. The summed E-state index contributed by atoms with van der Waals surface area (Å²) in [4.78, 5) is 3.43. The molecular weight excluding hydrogens is 178 g/mol. The molecule has 0 amide bonds. The number of rotatable bonds is 1. The van der Waals surface area contributed by atoms with Crippen molar-refractivity contribution in [1.82, 2.24) is 4.98 Å². The van der Waals surface area contributed by atoms with Crippen LogP contribution in [0.1, 0.15) is 17.6 Å². The minimum Gasteiger partial charge on any atom is -0.397 e. The number of halogens is 2. The molecule has 0 radical (unpaired) electrons. The molecule has 1 heterocycles. The van der Waals surface area contributed by atoms with Gasteiger partial charge >= 0.3 is 0 Å². The number of anilines is 2. The van der Waals surface area contributed by atoms with E-state index in [1.807, 2.05) is 0 Å². The van der Waals surface area contributed by atoms with Crippen molar-refractivity contribution >= 4 is 11.5 Å². The van der Waals surface area contributed by atoms with Crippen LogP contribution in [0.3, 0.4) is 0 Å². The Balaban J connectivity index is 3.38. The molecule has 1 aromatic heterocycles. The Morgan fingerprint density at radius 3 is 2.54 bits per heavy atom. The maximum absolute atomic E-state index is 12.2. The van der Waals surface area contributed by atoms with Crippen LogP contribution in [0.5, 0.6) is 0 Å². The molecule has 0 unspecified atom stereocenters. The van der Waals surface area contributed by atoms with Crippen molar-refractivity contribution in [3.05, 3.63) is 17.3 Å². The molecule has 4 nitrogen and oxygen atoms in total. The van der Waals surface area contributed by atoms with E-state index in [1.165, 1.54) is 0 Å². The lowest BCUT2D eigenvalue weighted by Gasteiger charge is -2.06. The van der Waals surface area contributed by atoms with Gasteiger partial charge in [-0.25, -0.2) is 13.8 Å². The number of alkyl halides is 2. The highest BCUT2D eigenvalue weighted by atomic mass is 19.3. The third-order valence-electron chi connectivity index (χ3n) is 1.53. The third-order valence-corrected chi connectivity index (χ3v) is 1.53. The second-order valence-electron chi connectivity index (χ2n) is 2.30. The molecule has 0 fully saturated rings. The maximum atomic E-state index is 12.2. The molecule has 1 aromatic rings. The molecule has 0 saturated carbocycles. The zero-order valence-electron chi connectivity index (χ0n) is 6.46. The summed E-state index contributed by atoms with van der Waals surface area (Å²) in [5, 5.41) is 8.51. The van der Waals surface area contributed by atoms with Gasteiger partial charge in [-0.3, -0.25) is 0 Å². The topological polar surface area (TPSA) is 88.7 Å². The van der Waals surface area contributed by atoms with Crippen LogP contribution < -0.4 is 11.5 Å². The van der Waals surface area contributed by atoms with Crippen LogP contribution in [0, 0.1) is 11.3 Å². The van der Waals surface area contributed by atoms with E-state index < -0.39 is 12.0 Å². The summed E-state index contributed by atoms with van der Waals surface area (Å²) in [5.41, 5.74) is 9.55. The molecular formula is C7H6F2N4. The van der Waals surface area contributed by atoms with Crippen LogP contribution in [-0.2, 0) is 0 Å². The highest BCUT2D eigenvalue weighted by molar-refractivity contribution is 5.67. The van der Waals surface area contributed by atoms with Gasteiger partial charge in [0.05, 0.1) is 11.3 Å². The lowest BCUT2D eigenvalue weighted by Crippen LogP contribution is -2.04. The number of pyridine rings is 1. The molecule has 0 aliphatic heterocycles. The van der Waals surface area contributed by atoms with Crippen molar-refractivity contribution in [3.8, 4) is 6.07 Å². The standard InChI is InChI=1S/C7H6F2N4/c8-6(9)4-2-13-7(12)3(1-10)5(4)11/h2,6H,(H4,11,12,13). The Morgan fingerprint density at radius 2 is 2.08 bits per heavy atom. The lowest BCUT2D eigenvalue weighted by molar-refractivity contribution is 0.152. The fourth-order valence-corrected chi connectivity index (χ4v) is 0.847. The van der Waals surface area contributed by atoms with E-state index in [0.29, 0.717) is 0 Å². The number of nitriles is 1. The summed E-state index contributed by atoms with van der Waals surface area (Å²) >= 11 is 0. The predicted octanol–water partition coefficient (Wildman–Crippen LogP) is 1.06. The van der Waals surface area contributed by atoms with Crippen molar-refractivity contribution in [2.75, 3.05) is 11.5 Å². The Kier molecular flexibility index (Phi) is 2.28. The monoisotopic (exact) mass is 184 g/mol. The zero-order valence-corrected chi connectivity index (χ0v) is 6.46. The van der Waals surface area contributed by atoms with Crippen LogP contribution in [0.15, 0.2) is 6.20 Å². The molecule has 0 saturated heterocycles. The van der Waals surface area contributed by atoms with Gasteiger partial charge in [0, 0.05) is 6.20 Å². The molecule has 0 aliphatic rings. The van der Waals surface area contributed by atoms with Crippen molar-refractivity contribution in [2.24, 2.45) is 0 Å². The largest absolute Gasteiger partial charge is 0.397 e. The number of nitrogens with zero attached hydrogens (tertiary/aromatic N) is 2. The van der Waals surface area contributed by atoms with Crippen molar-refractivity contribution in [3.63, 3.8) is 0 Å². The van der Waals surface area contributed by atoms with Crippen molar-refractivity contribution in [2.45, 2.75) is 6.43 Å². The second-order valence-corrected chi connectivity index (χ2v) is 2.30. The summed E-state index contributed by atoms with van der Waals surface area (Å²) in [6.07, 6.45) is -1.88. The van der Waals surface area contributed by atoms with E-state index in [9.17, 15) is 8.78 Å². The van der Waals surface area contributed by atoms with Crippen molar-refractivity contribution < 1.29 is 8.78 Å². The van der Waals surface area contributed by atoms with Gasteiger partial charge in [-0.15, -0.1) is 0 Å². The minimum atomic E-state index is -2.75. The molecule has 1 rings (SSSR count). The van der Waals surface area contributed by atoms with E-state index in [1.54, 1.807) is 6.07 Å².